The van der Waals surface area contributed by atoms with Crippen LogP contribution in [0.1, 0.15) is 43.0 Å². The number of anilines is 1. The Balaban J connectivity index is 2.03. The average Bonchev–Trinajstić information content (AvgIpc) is 2.42. The minimum absolute atomic E-state index is 0.108. The fraction of sp³-hybridized carbons (Fsp3) is 0.571. The zero-order valence-electron chi connectivity index (χ0n) is 11.4. The predicted molar refractivity (Wildman–Crippen MR) is 77.7 cm³/mol. The number of nitrogens with one attached hydrogen (secondary N) is 2. The van der Waals surface area contributed by atoms with Crippen molar-refractivity contribution < 1.29 is 4.79 Å². The van der Waals surface area contributed by atoms with Crippen LogP contribution in [0.5, 0.6) is 0 Å². The Hall–Kier alpha value is -1.29. The van der Waals surface area contributed by atoms with Crippen molar-refractivity contribution in [2.24, 2.45) is 5.92 Å². The second kappa shape index (κ2) is 6.24. The van der Waals surface area contributed by atoms with Crippen LogP contribution in [0, 0.1) is 5.92 Å². The van der Waals surface area contributed by atoms with Gasteiger partial charge in [0.25, 0.3) is 5.91 Å². The van der Waals surface area contributed by atoms with E-state index in [0.29, 0.717) is 16.4 Å². The number of pyridine rings is 1. The molecule has 1 aromatic rings. The Morgan fingerprint density at radius 1 is 1.37 bits per heavy atom. The third-order valence-electron chi connectivity index (χ3n) is 3.71. The van der Waals surface area contributed by atoms with E-state index in [1.807, 2.05) is 0 Å². The van der Waals surface area contributed by atoms with Crippen LogP contribution in [0.2, 0.25) is 5.02 Å². The van der Waals surface area contributed by atoms with Crippen LogP contribution in [0.4, 0.5) is 5.82 Å². The number of halogens is 1. The highest BCUT2D eigenvalue weighted by Gasteiger charge is 2.21. The number of amides is 1. The summed E-state index contributed by atoms with van der Waals surface area (Å²) in [6, 6.07) is 1.95. The van der Waals surface area contributed by atoms with Crippen molar-refractivity contribution in [3.8, 4) is 0 Å². The first-order chi connectivity index (χ1) is 9.10. The highest BCUT2D eigenvalue weighted by Crippen LogP contribution is 2.24. The van der Waals surface area contributed by atoms with E-state index in [-0.39, 0.29) is 11.9 Å². The maximum atomic E-state index is 12.2. The van der Waals surface area contributed by atoms with Gasteiger partial charge >= 0.3 is 0 Å². The van der Waals surface area contributed by atoms with Crippen LogP contribution >= 0.6 is 11.6 Å². The van der Waals surface area contributed by atoms with Gasteiger partial charge in [0.05, 0.1) is 10.6 Å². The molecule has 1 aromatic heterocycles. The molecule has 1 heterocycles. The first kappa shape index (κ1) is 14.1. The van der Waals surface area contributed by atoms with Gasteiger partial charge in [0.2, 0.25) is 0 Å². The Labute approximate surface area is 118 Å². The van der Waals surface area contributed by atoms with Gasteiger partial charge in [-0.1, -0.05) is 18.5 Å². The number of carbonyl (C=O) groups excluding carboxylic acids is 1. The van der Waals surface area contributed by atoms with Gasteiger partial charge in [-0.2, -0.15) is 0 Å². The van der Waals surface area contributed by atoms with Crippen LogP contribution in [-0.2, 0) is 0 Å². The van der Waals surface area contributed by atoms with E-state index in [1.165, 1.54) is 19.0 Å². The maximum absolute atomic E-state index is 12.2. The fourth-order valence-electron chi connectivity index (χ4n) is 2.42. The Bertz CT molecular complexity index is 456. The van der Waals surface area contributed by atoms with Crippen molar-refractivity contribution in [3.05, 3.63) is 22.8 Å². The summed E-state index contributed by atoms with van der Waals surface area (Å²) in [6.07, 6.45) is 5.96. The summed E-state index contributed by atoms with van der Waals surface area (Å²) in [5.41, 5.74) is 0.486. The number of hydrogen-bond acceptors (Lipinski definition) is 3. The van der Waals surface area contributed by atoms with Crippen molar-refractivity contribution in [2.75, 3.05) is 12.4 Å². The molecule has 0 atom stereocenters. The summed E-state index contributed by atoms with van der Waals surface area (Å²) in [6.45, 7) is 2.26. The second-order valence-corrected chi connectivity index (χ2v) is 5.64. The van der Waals surface area contributed by atoms with E-state index in [9.17, 15) is 4.79 Å². The molecule has 0 aromatic carbocycles. The largest absolute Gasteiger partial charge is 0.373 e. The topological polar surface area (TPSA) is 54.0 Å². The van der Waals surface area contributed by atoms with E-state index in [2.05, 4.69) is 22.5 Å². The molecule has 1 aliphatic rings. The first-order valence-electron chi connectivity index (χ1n) is 6.74. The van der Waals surface area contributed by atoms with Gasteiger partial charge in [-0.15, -0.1) is 0 Å². The van der Waals surface area contributed by atoms with E-state index >= 15 is 0 Å². The van der Waals surface area contributed by atoms with Crippen LogP contribution < -0.4 is 10.6 Å². The molecule has 0 saturated heterocycles. The molecule has 1 aliphatic carbocycles. The van der Waals surface area contributed by atoms with Crippen molar-refractivity contribution in [2.45, 2.75) is 38.6 Å². The standard InChI is InChI=1S/C14H20ClN3O/c1-9-3-5-10(6-4-9)18-14(19)11-7-13(16-2)17-8-12(11)15/h7-10H,3-6H2,1-2H3,(H,16,17)(H,18,19). The van der Waals surface area contributed by atoms with Crippen LogP contribution in [0.25, 0.3) is 0 Å². The molecule has 0 radical (unpaired) electrons. The van der Waals surface area contributed by atoms with Crippen LogP contribution in [-0.4, -0.2) is 24.0 Å². The summed E-state index contributed by atoms with van der Waals surface area (Å²) in [7, 11) is 1.76. The minimum Gasteiger partial charge on any atom is -0.373 e. The Morgan fingerprint density at radius 3 is 2.68 bits per heavy atom. The molecule has 104 valence electrons. The van der Waals surface area contributed by atoms with Gasteiger partial charge in [0.15, 0.2) is 0 Å². The highest BCUT2D eigenvalue weighted by molar-refractivity contribution is 6.33. The number of nitrogens with zero attached hydrogens (tertiary/aromatic N) is 1. The predicted octanol–water partition coefficient (Wildman–Crippen LogP) is 3.09. The molecule has 1 fully saturated rings. The Kier molecular flexibility index (Phi) is 4.64. The summed E-state index contributed by atoms with van der Waals surface area (Å²) in [4.78, 5) is 16.3. The van der Waals surface area contributed by atoms with E-state index in [4.69, 9.17) is 11.6 Å². The molecule has 4 nitrogen and oxygen atoms in total. The SMILES string of the molecule is CNc1cc(C(=O)NC2CCC(C)CC2)c(Cl)cn1. The number of rotatable bonds is 3. The molecule has 0 spiro atoms. The van der Waals surface area contributed by atoms with Gasteiger partial charge in [-0.05, 0) is 37.7 Å². The summed E-state index contributed by atoms with van der Waals surface area (Å²) in [5.74, 6) is 1.31. The van der Waals surface area contributed by atoms with Crippen molar-refractivity contribution >= 4 is 23.3 Å². The molecule has 2 N–H and O–H groups in total. The lowest BCUT2D eigenvalue weighted by molar-refractivity contribution is 0.0923. The minimum atomic E-state index is -0.108. The summed E-state index contributed by atoms with van der Waals surface area (Å²) < 4.78 is 0. The normalized spacial score (nSPS) is 22.9. The lowest BCUT2D eigenvalue weighted by Crippen LogP contribution is -2.37. The molecular weight excluding hydrogens is 262 g/mol. The van der Waals surface area contributed by atoms with Crippen molar-refractivity contribution in [1.29, 1.82) is 0 Å². The van der Waals surface area contributed by atoms with Gasteiger partial charge in [0.1, 0.15) is 5.82 Å². The third-order valence-corrected chi connectivity index (χ3v) is 4.01. The molecule has 5 heteroatoms. The molecule has 1 saturated carbocycles. The number of aromatic nitrogens is 1. The molecule has 0 unspecified atom stereocenters. The third kappa shape index (κ3) is 3.60. The lowest BCUT2D eigenvalue weighted by atomic mass is 9.87. The molecule has 19 heavy (non-hydrogen) atoms. The monoisotopic (exact) mass is 281 g/mol. The van der Waals surface area contributed by atoms with Gasteiger partial charge in [0, 0.05) is 19.3 Å². The zero-order chi connectivity index (χ0) is 13.8. The summed E-state index contributed by atoms with van der Waals surface area (Å²) in [5, 5.41) is 6.37. The van der Waals surface area contributed by atoms with Gasteiger partial charge in [-0.3, -0.25) is 4.79 Å². The lowest BCUT2D eigenvalue weighted by Gasteiger charge is -2.27. The quantitative estimate of drug-likeness (QED) is 0.895. The number of hydrogen-bond donors (Lipinski definition) is 2. The van der Waals surface area contributed by atoms with E-state index in [0.717, 1.165) is 18.8 Å². The first-order valence-corrected chi connectivity index (χ1v) is 7.12. The average molecular weight is 282 g/mol. The maximum Gasteiger partial charge on any atom is 0.253 e. The fourth-order valence-corrected chi connectivity index (χ4v) is 2.61. The second-order valence-electron chi connectivity index (χ2n) is 5.23. The highest BCUT2D eigenvalue weighted by atomic mass is 35.5. The molecule has 0 aliphatic heterocycles. The number of carbonyl (C=O) groups is 1. The smallest absolute Gasteiger partial charge is 0.253 e. The van der Waals surface area contributed by atoms with Crippen LogP contribution in [0.15, 0.2) is 12.3 Å². The molecule has 2 rings (SSSR count). The zero-order valence-corrected chi connectivity index (χ0v) is 12.1. The molecule has 0 bridgehead atoms. The van der Waals surface area contributed by atoms with Crippen LogP contribution in [0.3, 0.4) is 0 Å². The van der Waals surface area contributed by atoms with E-state index in [1.54, 1.807) is 13.1 Å². The molecule has 1 amide bonds. The molecular formula is C14H20ClN3O. The van der Waals surface area contributed by atoms with E-state index < -0.39 is 0 Å². The van der Waals surface area contributed by atoms with Crippen molar-refractivity contribution in [3.63, 3.8) is 0 Å². The van der Waals surface area contributed by atoms with Gasteiger partial charge in [-0.25, -0.2) is 4.98 Å². The van der Waals surface area contributed by atoms with Gasteiger partial charge < -0.3 is 10.6 Å². The van der Waals surface area contributed by atoms with Crippen molar-refractivity contribution in [1.82, 2.24) is 10.3 Å². The summed E-state index contributed by atoms with van der Waals surface area (Å²) >= 11 is 6.04. The Morgan fingerprint density at radius 2 is 2.05 bits per heavy atom.